The van der Waals surface area contributed by atoms with Crippen LogP contribution in [-0.4, -0.2) is 42.8 Å². The van der Waals surface area contributed by atoms with Crippen molar-refractivity contribution in [1.29, 1.82) is 0 Å². The Balaban J connectivity index is 1.49. The zero-order chi connectivity index (χ0) is 22.2. The van der Waals surface area contributed by atoms with Gasteiger partial charge < -0.3 is 24.1 Å². The quantitative estimate of drug-likeness (QED) is 0.521. The van der Waals surface area contributed by atoms with Crippen LogP contribution in [0.1, 0.15) is 28.2 Å². The van der Waals surface area contributed by atoms with Gasteiger partial charge in [-0.3, -0.25) is 9.59 Å². The molecule has 1 aromatic heterocycles. The van der Waals surface area contributed by atoms with E-state index < -0.39 is 5.97 Å². The number of esters is 1. The first-order valence-corrected chi connectivity index (χ1v) is 9.56. The number of aromatic nitrogens is 2. The highest BCUT2D eigenvalue weighted by Gasteiger charge is 2.16. The van der Waals surface area contributed by atoms with Crippen LogP contribution in [0.5, 0.6) is 11.5 Å². The Kier molecular flexibility index (Phi) is 7.21. The molecule has 0 bridgehead atoms. The van der Waals surface area contributed by atoms with Crippen LogP contribution in [0, 0.1) is 6.92 Å². The summed E-state index contributed by atoms with van der Waals surface area (Å²) >= 11 is 0. The van der Waals surface area contributed by atoms with Gasteiger partial charge in [0.25, 0.3) is 11.8 Å². The average molecular weight is 425 g/mol. The molecule has 1 N–H and O–H groups in total. The molecule has 1 amide bonds. The van der Waals surface area contributed by atoms with E-state index in [1.807, 2.05) is 19.1 Å². The highest BCUT2D eigenvalue weighted by atomic mass is 16.6. The summed E-state index contributed by atoms with van der Waals surface area (Å²) in [5.74, 6) is 0.870. The van der Waals surface area contributed by atoms with E-state index in [4.69, 9.17) is 18.7 Å². The topological polar surface area (TPSA) is 113 Å². The highest BCUT2D eigenvalue weighted by molar-refractivity contribution is 5.95. The first-order chi connectivity index (χ1) is 15.0. The lowest BCUT2D eigenvalue weighted by Gasteiger charge is -2.07. The Labute approximate surface area is 179 Å². The monoisotopic (exact) mass is 425 g/mol. The maximum atomic E-state index is 12.1. The van der Waals surface area contributed by atoms with E-state index >= 15 is 0 Å². The Bertz CT molecular complexity index is 1060. The fraction of sp³-hybridized carbons (Fsp3) is 0.273. The fourth-order valence-electron chi connectivity index (χ4n) is 2.82. The summed E-state index contributed by atoms with van der Waals surface area (Å²) in [6.45, 7) is 1.84. The van der Waals surface area contributed by atoms with Gasteiger partial charge in [0.15, 0.2) is 6.61 Å². The Morgan fingerprint density at radius 2 is 1.90 bits per heavy atom. The van der Waals surface area contributed by atoms with Crippen molar-refractivity contribution in [3.8, 4) is 22.9 Å². The summed E-state index contributed by atoms with van der Waals surface area (Å²) in [7, 11) is 3.09. The molecule has 0 saturated carbocycles. The van der Waals surface area contributed by atoms with Crippen molar-refractivity contribution < 1.29 is 28.3 Å². The molecule has 0 spiro atoms. The Hall–Kier alpha value is -3.88. The summed E-state index contributed by atoms with van der Waals surface area (Å²) < 4.78 is 20.8. The maximum Gasteiger partial charge on any atom is 0.308 e. The zero-order valence-corrected chi connectivity index (χ0v) is 17.5. The van der Waals surface area contributed by atoms with E-state index in [9.17, 15) is 9.59 Å². The molecule has 0 aliphatic rings. The summed E-state index contributed by atoms with van der Waals surface area (Å²) in [4.78, 5) is 28.3. The summed E-state index contributed by atoms with van der Waals surface area (Å²) in [5.41, 5.74) is 2.05. The highest BCUT2D eigenvalue weighted by Crippen LogP contribution is 2.31. The van der Waals surface area contributed by atoms with Gasteiger partial charge in [-0.1, -0.05) is 23.4 Å². The van der Waals surface area contributed by atoms with Crippen LogP contribution in [-0.2, 0) is 16.1 Å². The second-order valence-electron chi connectivity index (χ2n) is 6.56. The van der Waals surface area contributed by atoms with E-state index in [2.05, 4.69) is 15.5 Å². The van der Waals surface area contributed by atoms with Gasteiger partial charge in [0, 0.05) is 18.2 Å². The van der Waals surface area contributed by atoms with Crippen molar-refractivity contribution in [3.05, 3.63) is 59.5 Å². The third-order valence-corrected chi connectivity index (χ3v) is 4.48. The van der Waals surface area contributed by atoms with Gasteiger partial charge in [-0.15, -0.1) is 0 Å². The minimum Gasteiger partial charge on any atom is -0.497 e. The molecule has 1 heterocycles. The first-order valence-electron chi connectivity index (χ1n) is 9.56. The van der Waals surface area contributed by atoms with Gasteiger partial charge in [-0.05, 0) is 30.7 Å². The van der Waals surface area contributed by atoms with Crippen LogP contribution < -0.4 is 14.8 Å². The number of carbonyl (C=O) groups excluding carboxylic acids is 2. The molecule has 0 fully saturated rings. The number of hydrogen-bond acceptors (Lipinski definition) is 8. The van der Waals surface area contributed by atoms with Crippen LogP contribution in [0.4, 0.5) is 0 Å². The number of nitrogens with zero attached hydrogens (tertiary/aromatic N) is 2. The van der Waals surface area contributed by atoms with E-state index in [0.717, 1.165) is 5.56 Å². The van der Waals surface area contributed by atoms with E-state index in [1.165, 1.54) is 7.11 Å². The lowest BCUT2D eigenvalue weighted by Crippen LogP contribution is -2.27. The minimum atomic E-state index is -0.494. The number of aryl methyl sites for hydroxylation is 1. The zero-order valence-electron chi connectivity index (χ0n) is 17.5. The van der Waals surface area contributed by atoms with Crippen molar-refractivity contribution >= 4 is 11.9 Å². The summed E-state index contributed by atoms with van der Waals surface area (Å²) in [6, 6.07) is 12.4. The van der Waals surface area contributed by atoms with Gasteiger partial charge >= 0.3 is 5.97 Å². The predicted molar refractivity (Wildman–Crippen MR) is 111 cm³/mol. The molecule has 162 valence electrons. The van der Waals surface area contributed by atoms with E-state index in [0.29, 0.717) is 28.5 Å². The molecule has 9 heteroatoms. The predicted octanol–water partition coefficient (Wildman–Crippen LogP) is 2.93. The van der Waals surface area contributed by atoms with Crippen LogP contribution in [0.3, 0.4) is 0 Å². The normalized spacial score (nSPS) is 10.4. The second kappa shape index (κ2) is 10.2. The Morgan fingerprint density at radius 1 is 1.10 bits per heavy atom. The number of rotatable bonds is 9. The molecule has 3 rings (SSSR count). The first kappa shape index (κ1) is 21.8. The largest absolute Gasteiger partial charge is 0.497 e. The number of nitrogens with one attached hydrogen (secondary N) is 1. The minimum absolute atomic E-state index is 0.0188. The summed E-state index contributed by atoms with van der Waals surface area (Å²) in [5, 5.41) is 6.60. The second-order valence-corrected chi connectivity index (χ2v) is 6.56. The molecule has 3 aromatic rings. The molecular formula is C22H23N3O6. The number of benzene rings is 2. The van der Waals surface area contributed by atoms with E-state index in [1.54, 1.807) is 37.4 Å². The maximum absolute atomic E-state index is 12.1. The molecule has 0 aliphatic heterocycles. The molecule has 9 nitrogen and oxygen atoms in total. The van der Waals surface area contributed by atoms with Gasteiger partial charge in [0.05, 0.1) is 26.2 Å². The number of carbonyl (C=O) groups is 2. The number of hydrogen-bond donors (Lipinski definition) is 1. The summed E-state index contributed by atoms with van der Waals surface area (Å²) in [6.07, 6.45) is 0.0188. The average Bonchev–Trinajstić information content (AvgIpc) is 3.26. The molecule has 0 saturated heterocycles. The number of methoxy groups -OCH3 is 2. The SMILES string of the molecule is COc1ccc(-c2noc(COC(=O)CCNC(=O)c3ccccc3C)n2)c(OC)c1. The smallest absolute Gasteiger partial charge is 0.308 e. The lowest BCUT2D eigenvalue weighted by molar-refractivity contribution is -0.145. The van der Waals surface area contributed by atoms with Crippen molar-refractivity contribution in [1.82, 2.24) is 15.5 Å². The molecule has 0 unspecified atom stereocenters. The molecule has 0 aliphatic carbocycles. The fourth-order valence-corrected chi connectivity index (χ4v) is 2.82. The third kappa shape index (κ3) is 5.59. The lowest BCUT2D eigenvalue weighted by atomic mass is 10.1. The third-order valence-electron chi connectivity index (χ3n) is 4.48. The van der Waals surface area contributed by atoms with Crippen molar-refractivity contribution in [2.45, 2.75) is 20.0 Å². The molecular weight excluding hydrogens is 402 g/mol. The molecule has 2 aromatic carbocycles. The van der Waals surface area contributed by atoms with Crippen molar-refractivity contribution in [3.63, 3.8) is 0 Å². The van der Waals surface area contributed by atoms with Crippen LogP contribution in [0.15, 0.2) is 47.0 Å². The molecule has 0 radical (unpaired) electrons. The van der Waals surface area contributed by atoms with Crippen LogP contribution >= 0.6 is 0 Å². The van der Waals surface area contributed by atoms with Crippen LogP contribution in [0.2, 0.25) is 0 Å². The van der Waals surface area contributed by atoms with E-state index in [-0.39, 0.29) is 31.4 Å². The number of amides is 1. The van der Waals surface area contributed by atoms with Gasteiger partial charge in [0.1, 0.15) is 11.5 Å². The van der Waals surface area contributed by atoms with Crippen LogP contribution in [0.25, 0.3) is 11.4 Å². The molecule has 0 atom stereocenters. The number of ether oxygens (including phenoxy) is 3. The van der Waals surface area contributed by atoms with Gasteiger partial charge in [0.2, 0.25) is 5.82 Å². The van der Waals surface area contributed by atoms with Crippen molar-refractivity contribution in [2.75, 3.05) is 20.8 Å². The van der Waals surface area contributed by atoms with Crippen molar-refractivity contribution in [2.24, 2.45) is 0 Å². The standard InChI is InChI=1S/C22H23N3O6/c1-14-6-4-5-7-16(14)22(27)23-11-10-20(26)30-13-19-24-21(25-31-19)17-9-8-15(28-2)12-18(17)29-3/h4-9,12H,10-11,13H2,1-3H3,(H,23,27). The Morgan fingerprint density at radius 3 is 2.65 bits per heavy atom. The van der Waals surface area contributed by atoms with Gasteiger partial charge in [-0.25, -0.2) is 0 Å². The molecule has 31 heavy (non-hydrogen) atoms. The van der Waals surface area contributed by atoms with Gasteiger partial charge in [-0.2, -0.15) is 4.98 Å².